The van der Waals surface area contributed by atoms with Gasteiger partial charge in [-0.1, -0.05) is 18.2 Å². The molecule has 154 valence electrons. The first-order chi connectivity index (χ1) is 14.9. The molecule has 1 amide bonds. The predicted octanol–water partition coefficient (Wildman–Crippen LogP) is 5.36. The number of non-ortho nitro benzene ring substituents is 1. The van der Waals surface area contributed by atoms with Crippen LogP contribution in [0, 0.1) is 17.0 Å². The highest BCUT2D eigenvalue weighted by Crippen LogP contribution is 2.26. The monoisotopic (exact) mass is 415 g/mol. The van der Waals surface area contributed by atoms with Crippen LogP contribution in [0.25, 0.3) is 11.0 Å². The van der Waals surface area contributed by atoms with Gasteiger partial charge in [0.05, 0.1) is 10.6 Å². The van der Waals surface area contributed by atoms with Gasteiger partial charge in [0.1, 0.15) is 11.3 Å². The van der Waals surface area contributed by atoms with Crippen molar-refractivity contribution in [2.75, 3.05) is 5.32 Å². The Kier molecular flexibility index (Phi) is 5.19. The summed E-state index contributed by atoms with van der Waals surface area (Å²) in [6.07, 6.45) is 1.35. The summed E-state index contributed by atoms with van der Waals surface area (Å²) < 4.78 is 5.58. The van der Waals surface area contributed by atoms with Crippen molar-refractivity contribution in [3.63, 3.8) is 0 Å². The number of anilines is 1. The normalized spacial score (nSPS) is 11.1. The zero-order valence-electron chi connectivity index (χ0n) is 16.4. The molecule has 3 aromatic carbocycles. The number of carbonyl (C=O) groups is 1. The molecular weight excluding hydrogens is 398 g/mol. The predicted molar refractivity (Wildman–Crippen MR) is 117 cm³/mol. The molecule has 1 heterocycles. The van der Waals surface area contributed by atoms with Crippen LogP contribution < -0.4 is 5.32 Å². The maximum absolute atomic E-state index is 12.5. The Bertz CT molecular complexity index is 1310. The average molecular weight is 415 g/mol. The summed E-state index contributed by atoms with van der Waals surface area (Å²) in [7, 11) is 0. The molecule has 4 rings (SSSR count). The van der Waals surface area contributed by atoms with Crippen LogP contribution in [0.15, 0.2) is 76.1 Å². The first kappa shape index (κ1) is 19.8. The van der Waals surface area contributed by atoms with Crippen LogP contribution in [0.5, 0.6) is 5.75 Å². The number of benzene rings is 3. The van der Waals surface area contributed by atoms with Crippen LogP contribution in [-0.4, -0.2) is 22.2 Å². The Morgan fingerprint density at radius 2 is 1.94 bits per heavy atom. The zero-order valence-corrected chi connectivity index (χ0v) is 16.4. The molecule has 0 saturated heterocycles. The van der Waals surface area contributed by atoms with E-state index in [2.05, 4.69) is 10.3 Å². The summed E-state index contributed by atoms with van der Waals surface area (Å²) in [6, 6.07) is 17.9. The van der Waals surface area contributed by atoms with Crippen molar-refractivity contribution >= 4 is 40.2 Å². The molecule has 0 aliphatic heterocycles. The Morgan fingerprint density at radius 3 is 2.68 bits per heavy atom. The first-order valence-corrected chi connectivity index (χ1v) is 9.33. The van der Waals surface area contributed by atoms with Gasteiger partial charge in [0.2, 0.25) is 0 Å². The molecule has 0 radical (unpaired) electrons. The maximum Gasteiger partial charge on any atom is 0.291 e. The summed E-state index contributed by atoms with van der Waals surface area (Å²) >= 11 is 0. The van der Waals surface area contributed by atoms with E-state index in [9.17, 15) is 20.0 Å². The number of hydrogen-bond donors (Lipinski definition) is 2. The molecule has 0 spiro atoms. The van der Waals surface area contributed by atoms with Crippen LogP contribution in [0.2, 0.25) is 0 Å². The van der Waals surface area contributed by atoms with Crippen molar-refractivity contribution in [1.82, 2.24) is 0 Å². The van der Waals surface area contributed by atoms with Crippen LogP contribution in [0.3, 0.4) is 0 Å². The molecule has 8 heteroatoms. The van der Waals surface area contributed by atoms with Gasteiger partial charge in [-0.2, -0.15) is 0 Å². The summed E-state index contributed by atoms with van der Waals surface area (Å²) in [5, 5.41) is 24.4. The second kappa shape index (κ2) is 8.11. The average Bonchev–Trinajstić information content (AvgIpc) is 3.19. The third-order valence-electron chi connectivity index (χ3n) is 4.68. The number of aromatic hydroxyl groups is 1. The van der Waals surface area contributed by atoms with Gasteiger partial charge in [0.15, 0.2) is 5.76 Å². The topological polar surface area (TPSA) is 118 Å². The SMILES string of the molecule is Cc1cc(N=Cc2cc([N+](=O)[O-])ccc2O)ccc1NC(=O)c1cc2ccccc2o1. The number of fused-ring (bicyclic) bond motifs is 1. The number of aliphatic imine (C=N–C) groups is 1. The molecule has 1 aromatic heterocycles. The Hall–Kier alpha value is -4.46. The number of hydrogen-bond acceptors (Lipinski definition) is 6. The van der Waals surface area contributed by atoms with Crippen molar-refractivity contribution < 1.29 is 19.2 Å². The second-order valence-electron chi connectivity index (χ2n) is 6.86. The van der Waals surface area contributed by atoms with E-state index in [1.165, 1.54) is 24.4 Å². The lowest BCUT2D eigenvalue weighted by atomic mass is 10.1. The lowest BCUT2D eigenvalue weighted by Crippen LogP contribution is -2.11. The molecule has 0 saturated carbocycles. The number of carbonyl (C=O) groups excluding carboxylic acids is 1. The van der Waals surface area contributed by atoms with E-state index in [1.807, 2.05) is 25.1 Å². The molecule has 0 bridgehead atoms. The number of phenols is 1. The van der Waals surface area contributed by atoms with E-state index in [4.69, 9.17) is 4.42 Å². The van der Waals surface area contributed by atoms with Gasteiger partial charge in [0.25, 0.3) is 11.6 Å². The number of nitro groups is 1. The lowest BCUT2D eigenvalue weighted by Gasteiger charge is -2.07. The number of nitrogens with one attached hydrogen (secondary N) is 1. The highest BCUT2D eigenvalue weighted by Gasteiger charge is 2.13. The van der Waals surface area contributed by atoms with Crippen LogP contribution in [0.4, 0.5) is 17.1 Å². The highest BCUT2D eigenvalue weighted by atomic mass is 16.6. The molecule has 4 aromatic rings. The van der Waals surface area contributed by atoms with E-state index in [0.717, 1.165) is 10.9 Å². The second-order valence-corrected chi connectivity index (χ2v) is 6.86. The minimum Gasteiger partial charge on any atom is -0.507 e. The smallest absolute Gasteiger partial charge is 0.291 e. The number of amides is 1. The highest BCUT2D eigenvalue weighted by molar-refractivity contribution is 6.05. The standard InChI is InChI=1S/C23H17N3O5/c1-14-10-17(24-13-16-11-18(26(29)30)7-9-20(16)27)6-8-19(14)25-23(28)22-12-15-4-2-3-5-21(15)31-22/h2-13,27H,1H3,(H,25,28). The van der Waals surface area contributed by atoms with Gasteiger partial charge < -0.3 is 14.8 Å². The summed E-state index contributed by atoms with van der Waals surface area (Å²) in [4.78, 5) is 27.2. The molecule has 2 N–H and O–H groups in total. The van der Waals surface area contributed by atoms with E-state index in [0.29, 0.717) is 17.0 Å². The van der Waals surface area contributed by atoms with Gasteiger partial charge in [0, 0.05) is 35.0 Å². The summed E-state index contributed by atoms with van der Waals surface area (Å²) in [5.41, 5.74) is 2.65. The lowest BCUT2D eigenvalue weighted by molar-refractivity contribution is -0.384. The van der Waals surface area contributed by atoms with E-state index in [1.54, 1.807) is 30.3 Å². The van der Waals surface area contributed by atoms with Crippen LogP contribution >= 0.6 is 0 Å². The third kappa shape index (κ3) is 4.27. The van der Waals surface area contributed by atoms with Crippen molar-refractivity contribution in [3.05, 3.63) is 93.7 Å². The maximum atomic E-state index is 12.5. The number of aryl methyl sites for hydroxylation is 1. The van der Waals surface area contributed by atoms with Crippen molar-refractivity contribution in [2.45, 2.75) is 6.92 Å². The van der Waals surface area contributed by atoms with Crippen LogP contribution in [0.1, 0.15) is 21.7 Å². The molecule has 0 atom stereocenters. The molecule has 31 heavy (non-hydrogen) atoms. The quantitative estimate of drug-likeness (QED) is 0.258. The van der Waals surface area contributed by atoms with Crippen molar-refractivity contribution in [2.24, 2.45) is 4.99 Å². The Labute approximate surface area is 176 Å². The fourth-order valence-corrected chi connectivity index (χ4v) is 3.05. The van der Waals surface area contributed by atoms with Gasteiger partial charge in [-0.25, -0.2) is 0 Å². The van der Waals surface area contributed by atoms with Gasteiger partial charge >= 0.3 is 0 Å². The summed E-state index contributed by atoms with van der Waals surface area (Å²) in [5.74, 6) is -0.262. The molecule has 8 nitrogen and oxygen atoms in total. The minimum atomic E-state index is -0.541. The number of nitro benzene ring substituents is 1. The molecule has 0 aliphatic rings. The number of rotatable bonds is 5. The van der Waals surface area contributed by atoms with E-state index >= 15 is 0 Å². The Morgan fingerprint density at radius 1 is 1.13 bits per heavy atom. The molecule has 0 unspecified atom stereocenters. The third-order valence-corrected chi connectivity index (χ3v) is 4.68. The van der Waals surface area contributed by atoms with Crippen molar-refractivity contribution in [1.29, 1.82) is 0 Å². The van der Waals surface area contributed by atoms with E-state index in [-0.39, 0.29) is 28.7 Å². The largest absolute Gasteiger partial charge is 0.507 e. The molecular formula is C23H17N3O5. The zero-order chi connectivity index (χ0) is 22.0. The van der Waals surface area contributed by atoms with Gasteiger partial charge in [-0.3, -0.25) is 19.9 Å². The van der Waals surface area contributed by atoms with Crippen LogP contribution in [-0.2, 0) is 0 Å². The Balaban J connectivity index is 1.51. The fraction of sp³-hybridized carbons (Fsp3) is 0.0435. The van der Waals surface area contributed by atoms with Gasteiger partial charge in [-0.05, 0) is 48.9 Å². The number of para-hydroxylation sites is 1. The number of phenolic OH excluding ortho intramolecular Hbond substituents is 1. The van der Waals surface area contributed by atoms with Gasteiger partial charge in [-0.15, -0.1) is 0 Å². The van der Waals surface area contributed by atoms with Crippen molar-refractivity contribution in [3.8, 4) is 5.75 Å². The fourth-order valence-electron chi connectivity index (χ4n) is 3.05. The molecule has 0 aliphatic carbocycles. The first-order valence-electron chi connectivity index (χ1n) is 9.33. The van der Waals surface area contributed by atoms with E-state index < -0.39 is 4.92 Å². The summed E-state index contributed by atoms with van der Waals surface area (Å²) in [6.45, 7) is 1.82. The number of nitrogens with zero attached hydrogens (tertiary/aromatic N) is 2. The minimum absolute atomic E-state index is 0.110. The number of furan rings is 1. The molecule has 0 fully saturated rings.